The highest BCUT2D eigenvalue weighted by atomic mass is 16.5. The van der Waals surface area contributed by atoms with Crippen LogP contribution in [0.4, 0.5) is 0 Å². The number of nitrogens with one attached hydrogen (secondary N) is 1. The van der Waals surface area contributed by atoms with E-state index in [9.17, 15) is 10.2 Å². The molecule has 0 amide bonds. The van der Waals surface area contributed by atoms with Gasteiger partial charge in [-0.3, -0.25) is 0 Å². The molecular formula is C14H27NO3. The molecule has 4 heteroatoms. The summed E-state index contributed by atoms with van der Waals surface area (Å²) in [6, 6.07) is 0. The van der Waals surface area contributed by atoms with Crippen LogP contribution in [0.15, 0.2) is 0 Å². The van der Waals surface area contributed by atoms with Crippen LogP contribution in [0.1, 0.15) is 39.0 Å². The Labute approximate surface area is 110 Å². The van der Waals surface area contributed by atoms with E-state index in [0.717, 1.165) is 6.54 Å². The van der Waals surface area contributed by atoms with E-state index < -0.39 is 0 Å². The van der Waals surface area contributed by atoms with Crippen LogP contribution in [0.5, 0.6) is 0 Å². The van der Waals surface area contributed by atoms with Gasteiger partial charge in [-0.25, -0.2) is 0 Å². The highest BCUT2D eigenvalue weighted by molar-refractivity contribution is 4.95. The van der Waals surface area contributed by atoms with Crippen molar-refractivity contribution in [1.29, 1.82) is 0 Å². The van der Waals surface area contributed by atoms with E-state index in [1.807, 2.05) is 0 Å². The highest BCUT2D eigenvalue weighted by Gasteiger charge is 2.41. The molecule has 2 aliphatic rings. The van der Waals surface area contributed by atoms with Crippen LogP contribution in [-0.4, -0.2) is 48.7 Å². The monoisotopic (exact) mass is 257 g/mol. The van der Waals surface area contributed by atoms with Gasteiger partial charge in [0.15, 0.2) is 0 Å². The van der Waals surface area contributed by atoms with Crippen molar-refractivity contribution < 1.29 is 14.9 Å². The Morgan fingerprint density at radius 1 is 1.22 bits per heavy atom. The predicted octanol–water partition coefficient (Wildman–Crippen LogP) is 0.916. The van der Waals surface area contributed by atoms with E-state index in [1.165, 1.54) is 32.1 Å². The van der Waals surface area contributed by atoms with Gasteiger partial charge in [0, 0.05) is 12.1 Å². The number of aliphatic hydroxyl groups excluding tert-OH is 2. The number of hydrogen-bond donors (Lipinski definition) is 3. The third-order valence-electron chi connectivity index (χ3n) is 4.85. The lowest BCUT2D eigenvalue weighted by molar-refractivity contribution is -0.138. The summed E-state index contributed by atoms with van der Waals surface area (Å²) in [5.41, 5.74) is -0.330. The van der Waals surface area contributed by atoms with Gasteiger partial charge in [0.25, 0.3) is 0 Å². The minimum absolute atomic E-state index is 0.120. The topological polar surface area (TPSA) is 61.7 Å². The quantitative estimate of drug-likeness (QED) is 0.662. The largest absolute Gasteiger partial charge is 0.396 e. The van der Waals surface area contributed by atoms with Crippen LogP contribution in [0.3, 0.4) is 0 Å². The molecule has 1 heterocycles. The average Bonchev–Trinajstić information content (AvgIpc) is 2.39. The maximum atomic E-state index is 9.74. The smallest absolute Gasteiger partial charge is 0.0613 e. The molecule has 1 atom stereocenters. The molecule has 0 aromatic carbocycles. The van der Waals surface area contributed by atoms with Crippen molar-refractivity contribution in [3.63, 3.8) is 0 Å². The van der Waals surface area contributed by atoms with E-state index in [0.29, 0.717) is 19.1 Å². The minimum Gasteiger partial charge on any atom is -0.396 e. The van der Waals surface area contributed by atoms with Crippen molar-refractivity contribution in [3.8, 4) is 0 Å². The zero-order valence-electron chi connectivity index (χ0n) is 11.5. The lowest BCUT2D eigenvalue weighted by Gasteiger charge is -2.45. The highest BCUT2D eigenvalue weighted by Crippen LogP contribution is 2.34. The molecule has 0 bridgehead atoms. The van der Waals surface area contributed by atoms with Crippen LogP contribution in [-0.2, 0) is 4.74 Å². The summed E-state index contributed by atoms with van der Waals surface area (Å²) in [6.07, 6.45) is 6.28. The Morgan fingerprint density at radius 2 is 1.89 bits per heavy atom. The fourth-order valence-corrected chi connectivity index (χ4v) is 3.10. The Hall–Kier alpha value is -0.160. The lowest BCUT2D eigenvalue weighted by atomic mass is 9.75. The number of rotatable bonds is 6. The van der Waals surface area contributed by atoms with E-state index in [-0.39, 0.29) is 24.2 Å². The Kier molecular flexibility index (Phi) is 4.64. The summed E-state index contributed by atoms with van der Waals surface area (Å²) < 4.78 is 5.21. The van der Waals surface area contributed by atoms with Crippen LogP contribution in [0.2, 0.25) is 0 Å². The van der Waals surface area contributed by atoms with Crippen molar-refractivity contribution >= 4 is 0 Å². The molecule has 0 aromatic rings. The second-order valence-electron chi connectivity index (χ2n) is 6.41. The molecule has 1 unspecified atom stereocenters. The fourth-order valence-electron chi connectivity index (χ4n) is 3.10. The van der Waals surface area contributed by atoms with E-state index >= 15 is 0 Å². The molecule has 3 N–H and O–H groups in total. The normalized spacial score (nSPS) is 27.5. The molecule has 2 fully saturated rings. The number of ether oxygens (including phenoxy) is 1. The lowest BCUT2D eigenvalue weighted by Crippen LogP contribution is -2.60. The Bertz CT molecular complexity index is 256. The third kappa shape index (κ3) is 2.87. The van der Waals surface area contributed by atoms with E-state index in [1.54, 1.807) is 0 Å². The molecule has 2 rings (SSSR count). The summed E-state index contributed by atoms with van der Waals surface area (Å²) in [6.45, 7) is 4.43. The first kappa shape index (κ1) is 14.3. The van der Waals surface area contributed by atoms with Crippen molar-refractivity contribution in [2.75, 3.05) is 33.0 Å². The fraction of sp³-hybridized carbons (Fsp3) is 1.00. The molecule has 4 nitrogen and oxygen atoms in total. The van der Waals surface area contributed by atoms with Gasteiger partial charge in [-0.1, -0.05) is 19.3 Å². The third-order valence-corrected chi connectivity index (χ3v) is 4.85. The summed E-state index contributed by atoms with van der Waals surface area (Å²) in [4.78, 5) is 0. The number of hydrogen-bond acceptors (Lipinski definition) is 4. The van der Waals surface area contributed by atoms with E-state index in [4.69, 9.17) is 4.74 Å². The molecule has 106 valence electrons. The molecule has 1 aliphatic heterocycles. The first-order valence-corrected chi connectivity index (χ1v) is 7.19. The molecule has 0 spiro atoms. The predicted molar refractivity (Wildman–Crippen MR) is 70.4 cm³/mol. The second kappa shape index (κ2) is 5.87. The SMILES string of the molecule is CC(CO)(NCC1(CO)COC1)C1CCCCC1. The molecule has 1 saturated heterocycles. The summed E-state index contributed by atoms with van der Waals surface area (Å²) in [7, 11) is 0. The van der Waals surface area contributed by atoms with Crippen molar-refractivity contribution in [1.82, 2.24) is 5.32 Å². The van der Waals surface area contributed by atoms with Crippen LogP contribution < -0.4 is 5.32 Å². The van der Waals surface area contributed by atoms with Gasteiger partial charge in [0.2, 0.25) is 0 Å². The zero-order chi connectivity index (χ0) is 13.1. The van der Waals surface area contributed by atoms with Gasteiger partial charge in [-0.05, 0) is 25.7 Å². The van der Waals surface area contributed by atoms with Crippen LogP contribution in [0.25, 0.3) is 0 Å². The Morgan fingerprint density at radius 3 is 2.33 bits per heavy atom. The molecule has 1 saturated carbocycles. The van der Waals surface area contributed by atoms with Gasteiger partial charge in [0.1, 0.15) is 0 Å². The van der Waals surface area contributed by atoms with Gasteiger partial charge < -0.3 is 20.3 Å². The summed E-state index contributed by atoms with van der Waals surface area (Å²) >= 11 is 0. The van der Waals surface area contributed by atoms with Crippen LogP contribution >= 0.6 is 0 Å². The van der Waals surface area contributed by atoms with Crippen LogP contribution in [0, 0.1) is 11.3 Å². The summed E-state index contributed by atoms with van der Waals surface area (Å²) in [5, 5.41) is 22.7. The maximum Gasteiger partial charge on any atom is 0.0613 e. The molecule has 0 radical (unpaired) electrons. The maximum absolute atomic E-state index is 9.74. The first-order valence-electron chi connectivity index (χ1n) is 7.19. The minimum atomic E-state index is -0.210. The van der Waals surface area contributed by atoms with Gasteiger partial charge in [-0.15, -0.1) is 0 Å². The number of aliphatic hydroxyl groups is 2. The van der Waals surface area contributed by atoms with Crippen molar-refractivity contribution in [2.45, 2.75) is 44.6 Å². The second-order valence-corrected chi connectivity index (χ2v) is 6.41. The van der Waals surface area contributed by atoms with E-state index in [2.05, 4.69) is 12.2 Å². The zero-order valence-corrected chi connectivity index (χ0v) is 11.5. The van der Waals surface area contributed by atoms with Crippen molar-refractivity contribution in [3.05, 3.63) is 0 Å². The van der Waals surface area contributed by atoms with Crippen molar-refractivity contribution in [2.24, 2.45) is 11.3 Å². The Balaban J connectivity index is 1.90. The molecule has 18 heavy (non-hydrogen) atoms. The van der Waals surface area contributed by atoms with Gasteiger partial charge >= 0.3 is 0 Å². The van der Waals surface area contributed by atoms with Gasteiger partial charge in [-0.2, -0.15) is 0 Å². The summed E-state index contributed by atoms with van der Waals surface area (Å²) in [5.74, 6) is 0.549. The first-order chi connectivity index (χ1) is 8.64. The molecule has 0 aromatic heterocycles. The van der Waals surface area contributed by atoms with Gasteiger partial charge in [0.05, 0.1) is 31.8 Å². The standard InChI is InChI=1S/C14H27NO3/c1-13(8-16,12-5-3-2-4-6-12)15-7-14(9-17)10-18-11-14/h12,15-17H,2-11H2,1H3. The molecule has 1 aliphatic carbocycles. The average molecular weight is 257 g/mol. The molecular weight excluding hydrogens is 230 g/mol.